The molecule has 1 unspecified atom stereocenters. The molecule has 2 heterocycles. The van der Waals surface area contributed by atoms with Gasteiger partial charge in [-0.15, -0.1) is 0 Å². The van der Waals surface area contributed by atoms with Crippen molar-refractivity contribution in [3.63, 3.8) is 0 Å². The molecule has 1 saturated carbocycles. The number of hydrogen-bond donors (Lipinski definition) is 0. The molecule has 1 aromatic heterocycles. The van der Waals surface area contributed by atoms with Crippen molar-refractivity contribution in [3.8, 4) is 0 Å². The summed E-state index contributed by atoms with van der Waals surface area (Å²) in [6.07, 6.45) is 7.55. The average Bonchev–Trinajstić information content (AvgIpc) is 2.46. The zero-order chi connectivity index (χ0) is 14.7. The number of nitrogens with zero attached hydrogens (tertiary/aromatic N) is 3. The number of amides is 1. The molecule has 2 aliphatic rings. The van der Waals surface area contributed by atoms with Gasteiger partial charge in [-0.1, -0.05) is 12.5 Å². The highest BCUT2D eigenvalue weighted by Gasteiger charge is 2.32. The summed E-state index contributed by atoms with van der Waals surface area (Å²) in [7, 11) is 2.00. The van der Waals surface area contributed by atoms with E-state index in [0.29, 0.717) is 17.9 Å². The third-order valence-electron chi connectivity index (χ3n) is 4.94. The van der Waals surface area contributed by atoms with Crippen LogP contribution in [-0.2, 0) is 11.3 Å². The second kappa shape index (κ2) is 6.56. The Morgan fingerprint density at radius 1 is 1.33 bits per heavy atom. The minimum Gasteiger partial charge on any atom is -0.341 e. The lowest BCUT2D eigenvalue weighted by molar-refractivity contribution is -0.140. The van der Waals surface area contributed by atoms with Crippen molar-refractivity contribution in [1.29, 1.82) is 0 Å². The van der Waals surface area contributed by atoms with Crippen LogP contribution in [-0.4, -0.2) is 46.9 Å². The Kier molecular flexibility index (Phi) is 4.54. The van der Waals surface area contributed by atoms with E-state index in [1.54, 1.807) is 0 Å². The molecule has 21 heavy (non-hydrogen) atoms. The lowest BCUT2D eigenvalue weighted by Gasteiger charge is -2.40. The summed E-state index contributed by atoms with van der Waals surface area (Å²) >= 11 is 0. The van der Waals surface area contributed by atoms with E-state index in [1.165, 1.54) is 12.8 Å². The fourth-order valence-corrected chi connectivity index (χ4v) is 3.33. The van der Waals surface area contributed by atoms with Gasteiger partial charge in [0.15, 0.2) is 0 Å². The summed E-state index contributed by atoms with van der Waals surface area (Å²) in [5, 5.41) is 0. The standard InChI is InChI=1S/C17H25N3O/c1-19(17(21)14-6-4-7-14)16-9-5-11-20(13-16)12-15-8-2-3-10-18-15/h2-3,8,10,14,16H,4-7,9,11-13H2,1H3. The first-order chi connectivity index (χ1) is 10.2. The molecule has 0 aromatic carbocycles. The van der Waals surface area contributed by atoms with E-state index in [2.05, 4.69) is 16.0 Å². The molecule has 0 radical (unpaired) electrons. The number of carbonyl (C=O) groups is 1. The van der Waals surface area contributed by atoms with Crippen LogP contribution in [0.2, 0.25) is 0 Å². The molecular weight excluding hydrogens is 262 g/mol. The SMILES string of the molecule is CN(C(=O)C1CCC1)C1CCCN(Cc2ccccn2)C1. The molecule has 1 atom stereocenters. The van der Waals surface area contributed by atoms with E-state index in [0.717, 1.165) is 44.6 Å². The first-order valence-corrected chi connectivity index (χ1v) is 8.13. The minimum atomic E-state index is 0.307. The fourth-order valence-electron chi connectivity index (χ4n) is 3.33. The molecule has 4 nitrogen and oxygen atoms in total. The number of pyridine rings is 1. The molecule has 1 aliphatic carbocycles. The smallest absolute Gasteiger partial charge is 0.225 e. The number of likely N-dealkylation sites (tertiary alicyclic amines) is 1. The van der Waals surface area contributed by atoms with Gasteiger partial charge in [0.25, 0.3) is 0 Å². The lowest BCUT2D eigenvalue weighted by Crippen LogP contribution is -2.50. The van der Waals surface area contributed by atoms with Crippen LogP contribution in [0.25, 0.3) is 0 Å². The molecule has 0 bridgehead atoms. The van der Waals surface area contributed by atoms with Crippen molar-refractivity contribution in [1.82, 2.24) is 14.8 Å². The molecule has 3 rings (SSSR count). The van der Waals surface area contributed by atoms with Crippen molar-refractivity contribution < 1.29 is 4.79 Å². The molecule has 114 valence electrons. The van der Waals surface area contributed by atoms with E-state index in [-0.39, 0.29) is 0 Å². The molecule has 0 N–H and O–H groups in total. The van der Waals surface area contributed by atoms with Gasteiger partial charge >= 0.3 is 0 Å². The van der Waals surface area contributed by atoms with E-state index < -0.39 is 0 Å². The Labute approximate surface area is 127 Å². The van der Waals surface area contributed by atoms with Crippen LogP contribution >= 0.6 is 0 Å². The van der Waals surface area contributed by atoms with Crippen LogP contribution in [0.5, 0.6) is 0 Å². The first-order valence-electron chi connectivity index (χ1n) is 8.13. The molecule has 1 amide bonds. The number of piperidine rings is 1. The summed E-state index contributed by atoms with van der Waals surface area (Å²) in [5.41, 5.74) is 1.12. The van der Waals surface area contributed by atoms with Gasteiger partial charge in [0.2, 0.25) is 5.91 Å². The minimum absolute atomic E-state index is 0.307. The second-order valence-corrected chi connectivity index (χ2v) is 6.43. The van der Waals surface area contributed by atoms with Crippen molar-refractivity contribution in [3.05, 3.63) is 30.1 Å². The van der Waals surface area contributed by atoms with Crippen LogP contribution in [0.4, 0.5) is 0 Å². The number of likely N-dealkylation sites (N-methyl/N-ethyl adjacent to an activating group) is 1. The summed E-state index contributed by atoms with van der Waals surface area (Å²) in [6, 6.07) is 6.44. The summed E-state index contributed by atoms with van der Waals surface area (Å²) in [6.45, 7) is 2.98. The monoisotopic (exact) mass is 287 g/mol. The molecular formula is C17H25N3O. The fraction of sp³-hybridized carbons (Fsp3) is 0.647. The molecule has 1 aliphatic heterocycles. The van der Waals surface area contributed by atoms with Gasteiger partial charge in [-0.05, 0) is 44.4 Å². The number of aromatic nitrogens is 1. The average molecular weight is 287 g/mol. The third-order valence-corrected chi connectivity index (χ3v) is 4.94. The van der Waals surface area contributed by atoms with Crippen molar-refractivity contribution >= 4 is 5.91 Å². The van der Waals surface area contributed by atoms with Crippen molar-refractivity contribution in [2.45, 2.75) is 44.7 Å². The van der Waals surface area contributed by atoms with Crippen LogP contribution in [0, 0.1) is 5.92 Å². The second-order valence-electron chi connectivity index (χ2n) is 6.43. The van der Waals surface area contributed by atoms with Crippen LogP contribution < -0.4 is 0 Å². The zero-order valence-corrected chi connectivity index (χ0v) is 12.9. The highest BCUT2D eigenvalue weighted by molar-refractivity contribution is 5.79. The maximum atomic E-state index is 12.4. The zero-order valence-electron chi connectivity index (χ0n) is 12.9. The highest BCUT2D eigenvalue weighted by Crippen LogP contribution is 2.29. The summed E-state index contributed by atoms with van der Waals surface area (Å²) < 4.78 is 0. The van der Waals surface area contributed by atoms with Crippen LogP contribution in [0.1, 0.15) is 37.8 Å². The third kappa shape index (κ3) is 3.43. The Morgan fingerprint density at radius 3 is 2.86 bits per heavy atom. The van der Waals surface area contributed by atoms with Gasteiger partial charge in [0, 0.05) is 38.3 Å². The molecule has 2 fully saturated rings. The maximum absolute atomic E-state index is 12.4. The number of hydrogen-bond acceptors (Lipinski definition) is 3. The van der Waals surface area contributed by atoms with Crippen LogP contribution in [0.15, 0.2) is 24.4 Å². The van der Waals surface area contributed by atoms with Crippen LogP contribution in [0.3, 0.4) is 0 Å². The van der Waals surface area contributed by atoms with Crippen molar-refractivity contribution in [2.24, 2.45) is 5.92 Å². The molecule has 1 aromatic rings. The highest BCUT2D eigenvalue weighted by atomic mass is 16.2. The number of rotatable bonds is 4. The van der Waals surface area contributed by atoms with E-state index in [4.69, 9.17) is 0 Å². The summed E-state index contributed by atoms with van der Waals surface area (Å²) in [4.78, 5) is 21.2. The molecule has 4 heteroatoms. The van der Waals surface area contributed by atoms with Gasteiger partial charge in [-0.2, -0.15) is 0 Å². The van der Waals surface area contributed by atoms with E-state index >= 15 is 0 Å². The van der Waals surface area contributed by atoms with Gasteiger partial charge < -0.3 is 4.90 Å². The summed E-state index contributed by atoms with van der Waals surface area (Å²) in [5.74, 6) is 0.673. The lowest BCUT2D eigenvalue weighted by atomic mass is 9.84. The van der Waals surface area contributed by atoms with Gasteiger partial charge in [-0.25, -0.2) is 0 Å². The normalized spacial score (nSPS) is 23.6. The predicted octanol–water partition coefficient (Wildman–Crippen LogP) is 2.30. The predicted molar refractivity (Wildman–Crippen MR) is 82.6 cm³/mol. The Bertz CT molecular complexity index is 472. The van der Waals surface area contributed by atoms with Gasteiger partial charge in [0.05, 0.1) is 5.69 Å². The van der Waals surface area contributed by atoms with Crippen molar-refractivity contribution in [2.75, 3.05) is 20.1 Å². The Balaban J connectivity index is 1.56. The van der Waals surface area contributed by atoms with Gasteiger partial charge in [-0.3, -0.25) is 14.7 Å². The van der Waals surface area contributed by atoms with E-state index in [9.17, 15) is 4.79 Å². The first kappa shape index (κ1) is 14.5. The quantitative estimate of drug-likeness (QED) is 0.852. The largest absolute Gasteiger partial charge is 0.341 e. The molecule has 1 saturated heterocycles. The topological polar surface area (TPSA) is 36.4 Å². The number of carbonyl (C=O) groups excluding carboxylic acids is 1. The Hall–Kier alpha value is -1.42. The van der Waals surface area contributed by atoms with E-state index in [1.807, 2.05) is 30.3 Å². The maximum Gasteiger partial charge on any atom is 0.225 e. The molecule has 0 spiro atoms. The van der Waals surface area contributed by atoms with Gasteiger partial charge in [0.1, 0.15) is 0 Å². The Morgan fingerprint density at radius 2 is 2.19 bits per heavy atom.